The van der Waals surface area contributed by atoms with Crippen molar-refractivity contribution in [2.24, 2.45) is 0 Å². The van der Waals surface area contributed by atoms with Gasteiger partial charge in [0.1, 0.15) is 5.82 Å². The van der Waals surface area contributed by atoms with Crippen molar-refractivity contribution >= 4 is 15.7 Å². The molecule has 0 aliphatic carbocycles. The number of halogens is 1. The summed E-state index contributed by atoms with van der Waals surface area (Å²) in [6, 6.07) is 3.26. The molecule has 0 aromatic heterocycles. The van der Waals surface area contributed by atoms with Crippen LogP contribution in [-0.4, -0.2) is 36.5 Å². The number of nitrogens with two attached hydrogens (primary N) is 1. The number of hydrogen-bond acceptors (Lipinski definition) is 4. The summed E-state index contributed by atoms with van der Waals surface area (Å²) in [4.78, 5) is -0.0631. The highest BCUT2D eigenvalue weighted by Gasteiger charge is 2.43. The molecule has 1 aliphatic heterocycles. The van der Waals surface area contributed by atoms with Gasteiger partial charge in [0, 0.05) is 13.1 Å². The minimum atomic E-state index is -3.69. The first-order valence-electron chi connectivity index (χ1n) is 5.00. The average Bonchev–Trinajstić information content (AvgIpc) is 2.18. The second kappa shape index (κ2) is 3.66. The highest BCUT2D eigenvalue weighted by Crippen LogP contribution is 2.28. The molecular formula is C10H13FN2O3S. The summed E-state index contributed by atoms with van der Waals surface area (Å²) in [5.74, 6) is -0.653. The van der Waals surface area contributed by atoms with Crippen LogP contribution >= 0.6 is 0 Å². The van der Waals surface area contributed by atoms with E-state index in [0.717, 1.165) is 22.5 Å². The fraction of sp³-hybridized carbons (Fsp3) is 0.400. The molecule has 5 nitrogen and oxygen atoms in total. The first kappa shape index (κ1) is 12.3. The Hall–Kier alpha value is -1.18. The van der Waals surface area contributed by atoms with Gasteiger partial charge in [0.2, 0.25) is 10.0 Å². The molecular weight excluding hydrogens is 247 g/mol. The fourth-order valence-electron chi connectivity index (χ4n) is 1.71. The number of benzene rings is 1. The number of anilines is 1. The minimum Gasteiger partial charge on any atom is -0.396 e. The lowest BCUT2D eigenvalue weighted by atomic mass is 10.0. The van der Waals surface area contributed by atoms with Gasteiger partial charge >= 0.3 is 0 Å². The standard InChI is InChI=1S/C10H13FN2O3S/c1-10(14)5-13(6-10)17(15,16)7-2-3-8(11)9(12)4-7/h2-4,14H,5-6,12H2,1H3. The molecule has 0 bridgehead atoms. The number of sulfonamides is 1. The number of β-amino-alcohol motifs (C(OH)–C–C–N with tert-alkyl or cyclic N) is 1. The molecule has 0 atom stereocenters. The molecule has 0 spiro atoms. The lowest BCUT2D eigenvalue weighted by Crippen LogP contribution is -2.61. The van der Waals surface area contributed by atoms with Gasteiger partial charge in [0.25, 0.3) is 0 Å². The maximum atomic E-state index is 12.9. The SMILES string of the molecule is CC1(O)CN(S(=O)(=O)c2ccc(F)c(N)c2)C1. The number of nitrogens with zero attached hydrogens (tertiary/aromatic N) is 1. The third kappa shape index (κ3) is 2.13. The Morgan fingerprint density at radius 2 is 2.06 bits per heavy atom. The Kier molecular flexibility index (Phi) is 2.64. The highest BCUT2D eigenvalue weighted by molar-refractivity contribution is 7.89. The molecule has 0 amide bonds. The second-order valence-electron chi connectivity index (χ2n) is 4.45. The summed E-state index contributed by atoms with van der Waals surface area (Å²) < 4.78 is 38.1. The third-order valence-corrected chi connectivity index (χ3v) is 4.43. The van der Waals surface area contributed by atoms with Crippen LogP contribution in [0.4, 0.5) is 10.1 Å². The van der Waals surface area contributed by atoms with Crippen LogP contribution in [-0.2, 0) is 10.0 Å². The van der Waals surface area contributed by atoms with Gasteiger partial charge in [-0.1, -0.05) is 0 Å². The molecule has 94 valence electrons. The van der Waals surface area contributed by atoms with E-state index in [1.807, 2.05) is 0 Å². The van der Waals surface area contributed by atoms with Crippen LogP contribution in [0.25, 0.3) is 0 Å². The van der Waals surface area contributed by atoms with Crippen LogP contribution in [0.1, 0.15) is 6.92 Å². The van der Waals surface area contributed by atoms with Crippen LogP contribution in [0.15, 0.2) is 23.1 Å². The zero-order chi connectivity index (χ0) is 12.8. The summed E-state index contributed by atoms with van der Waals surface area (Å²) in [6.45, 7) is 1.62. The monoisotopic (exact) mass is 260 g/mol. The zero-order valence-electron chi connectivity index (χ0n) is 9.22. The van der Waals surface area contributed by atoms with Crippen LogP contribution in [0.5, 0.6) is 0 Å². The van der Waals surface area contributed by atoms with Gasteiger partial charge in [0.15, 0.2) is 0 Å². The molecule has 1 heterocycles. The quantitative estimate of drug-likeness (QED) is 0.742. The maximum Gasteiger partial charge on any atom is 0.243 e. The Bertz CT molecular complexity index is 549. The Labute approximate surface area is 98.7 Å². The van der Waals surface area contributed by atoms with Gasteiger partial charge in [-0.15, -0.1) is 0 Å². The molecule has 7 heteroatoms. The molecule has 0 unspecified atom stereocenters. The Morgan fingerprint density at radius 1 is 1.47 bits per heavy atom. The van der Waals surface area contributed by atoms with Gasteiger partial charge in [-0.05, 0) is 25.1 Å². The number of hydrogen-bond donors (Lipinski definition) is 2. The van der Waals surface area contributed by atoms with Crippen molar-refractivity contribution in [2.75, 3.05) is 18.8 Å². The van der Waals surface area contributed by atoms with Crippen LogP contribution in [0.2, 0.25) is 0 Å². The zero-order valence-corrected chi connectivity index (χ0v) is 10.0. The van der Waals surface area contributed by atoms with Crippen molar-refractivity contribution in [1.29, 1.82) is 0 Å². The van der Waals surface area contributed by atoms with Crippen LogP contribution < -0.4 is 5.73 Å². The predicted octanol–water partition coefficient (Wildman–Crippen LogP) is 0.163. The number of aliphatic hydroxyl groups is 1. The predicted molar refractivity (Wildman–Crippen MR) is 60.2 cm³/mol. The highest BCUT2D eigenvalue weighted by atomic mass is 32.2. The second-order valence-corrected chi connectivity index (χ2v) is 6.39. The van der Waals surface area contributed by atoms with Crippen molar-refractivity contribution in [1.82, 2.24) is 4.31 Å². The van der Waals surface area contributed by atoms with E-state index in [1.165, 1.54) is 0 Å². The molecule has 1 aromatic rings. The van der Waals surface area contributed by atoms with Gasteiger partial charge in [0.05, 0.1) is 16.2 Å². The molecule has 0 saturated carbocycles. The van der Waals surface area contributed by atoms with E-state index < -0.39 is 21.4 Å². The van der Waals surface area contributed by atoms with Crippen molar-refractivity contribution in [3.05, 3.63) is 24.0 Å². The maximum absolute atomic E-state index is 12.9. The van der Waals surface area contributed by atoms with E-state index >= 15 is 0 Å². The summed E-state index contributed by atoms with van der Waals surface area (Å²) in [5.41, 5.74) is 4.13. The van der Waals surface area contributed by atoms with E-state index in [0.29, 0.717) is 0 Å². The summed E-state index contributed by atoms with van der Waals surface area (Å²) in [6.07, 6.45) is 0. The van der Waals surface area contributed by atoms with E-state index in [2.05, 4.69) is 0 Å². The smallest absolute Gasteiger partial charge is 0.243 e. The molecule has 17 heavy (non-hydrogen) atoms. The lowest BCUT2D eigenvalue weighted by Gasteiger charge is -2.42. The molecule has 3 N–H and O–H groups in total. The van der Waals surface area contributed by atoms with Crippen molar-refractivity contribution in [3.63, 3.8) is 0 Å². The number of rotatable bonds is 2. The third-order valence-electron chi connectivity index (χ3n) is 2.64. The van der Waals surface area contributed by atoms with Crippen molar-refractivity contribution < 1.29 is 17.9 Å². The van der Waals surface area contributed by atoms with Gasteiger partial charge in [-0.3, -0.25) is 0 Å². The lowest BCUT2D eigenvalue weighted by molar-refractivity contribution is -0.0426. The summed E-state index contributed by atoms with van der Waals surface area (Å²) >= 11 is 0. The van der Waals surface area contributed by atoms with Gasteiger partial charge in [-0.2, -0.15) is 4.31 Å². The van der Waals surface area contributed by atoms with Crippen LogP contribution in [0.3, 0.4) is 0 Å². The molecule has 1 fully saturated rings. The van der Waals surface area contributed by atoms with E-state index in [4.69, 9.17) is 5.73 Å². The molecule has 1 aliphatic rings. The Morgan fingerprint density at radius 3 is 2.53 bits per heavy atom. The fourth-order valence-corrected chi connectivity index (χ4v) is 3.43. The minimum absolute atomic E-state index is 0.0343. The largest absolute Gasteiger partial charge is 0.396 e. The van der Waals surface area contributed by atoms with E-state index in [1.54, 1.807) is 6.92 Å². The Balaban J connectivity index is 2.30. The summed E-state index contributed by atoms with van der Waals surface area (Å²) in [5, 5.41) is 9.50. The van der Waals surface area contributed by atoms with Gasteiger partial charge < -0.3 is 10.8 Å². The summed E-state index contributed by atoms with van der Waals surface area (Å²) in [7, 11) is -3.69. The van der Waals surface area contributed by atoms with Crippen molar-refractivity contribution in [3.8, 4) is 0 Å². The normalized spacial score (nSPS) is 19.9. The van der Waals surface area contributed by atoms with E-state index in [-0.39, 0.29) is 23.7 Å². The first-order valence-corrected chi connectivity index (χ1v) is 6.44. The van der Waals surface area contributed by atoms with E-state index in [9.17, 15) is 17.9 Å². The molecule has 1 aromatic carbocycles. The van der Waals surface area contributed by atoms with Gasteiger partial charge in [-0.25, -0.2) is 12.8 Å². The molecule has 0 radical (unpaired) electrons. The average molecular weight is 260 g/mol. The topological polar surface area (TPSA) is 83.6 Å². The van der Waals surface area contributed by atoms with Crippen LogP contribution in [0, 0.1) is 5.82 Å². The first-order chi connectivity index (χ1) is 7.72. The molecule has 2 rings (SSSR count). The number of nitrogen functional groups attached to an aromatic ring is 1. The molecule has 1 saturated heterocycles. The van der Waals surface area contributed by atoms with Crippen molar-refractivity contribution in [2.45, 2.75) is 17.4 Å².